The van der Waals surface area contributed by atoms with Crippen molar-refractivity contribution < 1.29 is 9.53 Å². The topological polar surface area (TPSA) is 29.5 Å². The molecule has 14 heavy (non-hydrogen) atoms. The third kappa shape index (κ3) is 2.84. The summed E-state index contributed by atoms with van der Waals surface area (Å²) in [6.07, 6.45) is 7.11. The Morgan fingerprint density at radius 3 is 2.93 bits per heavy atom. The fourth-order valence-corrected chi connectivity index (χ4v) is 1.59. The van der Waals surface area contributed by atoms with Crippen molar-refractivity contribution in [1.82, 2.24) is 4.90 Å². The highest BCUT2D eigenvalue weighted by molar-refractivity contribution is 5.83. The predicted molar refractivity (Wildman–Crippen MR) is 56.0 cm³/mol. The maximum atomic E-state index is 11.2. The molecule has 0 aromatic carbocycles. The van der Waals surface area contributed by atoms with Gasteiger partial charge >= 0.3 is 0 Å². The lowest BCUT2D eigenvalue weighted by Gasteiger charge is -2.39. The molecule has 1 heterocycles. The van der Waals surface area contributed by atoms with Crippen molar-refractivity contribution >= 4 is 5.91 Å². The average Bonchev–Trinajstić information content (AvgIpc) is 2.17. The smallest absolute Gasteiger partial charge is 0.225 e. The number of carbonyl (C=O) groups is 1. The van der Waals surface area contributed by atoms with Crippen LogP contribution in [0.15, 0.2) is 12.2 Å². The Morgan fingerprint density at radius 1 is 1.57 bits per heavy atom. The highest BCUT2D eigenvalue weighted by atomic mass is 16.5. The average molecular weight is 197 g/mol. The minimum atomic E-state index is 0.244. The van der Waals surface area contributed by atoms with Gasteiger partial charge in [-0.25, -0.2) is 0 Å². The second-order valence-electron chi connectivity index (χ2n) is 3.62. The molecule has 0 aromatic heterocycles. The van der Waals surface area contributed by atoms with E-state index >= 15 is 0 Å². The molecule has 1 atom stereocenters. The Kier molecular flexibility index (Phi) is 4.66. The highest BCUT2D eigenvalue weighted by Crippen LogP contribution is 2.18. The van der Waals surface area contributed by atoms with Gasteiger partial charge in [0, 0.05) is 20.1 Å². The maximum absolute atomic E-state index is 11.2. The SMILES string of the molecule is CCCC=CCN1C(=O)C[C@@H]1COC. The first-order valence-corrected chi connectivity index (χ1v) is 5.23. The lowest BCUT2D eigenvalue weighted by Crippen LogP contribution is -2.54. The lowest BCUT2D eigenvalue weighted by molar-refractivity contribution is -0.147. The number of hydrogen-bond acceptors (Lipinski definition) is 2. The summed E-state index contributed by atoms with van der Waals surface area (Å²) in [5.41, 5.74) is 0. The van der Waals surface area contributed by atoms with Crippen LogP contribution in [0.25, 0.3) is 0 Å². The van der Waals surface area contributed by atoms with E-state index in [1.807, 2.05) is 4.90 Å². The van der Waals surface area contributed by atoms with Crippen LogP contribution in [-0.4, -0.2) is 37.1 Å². The minimum Gasteiger partial charge on any atom is -0.383 e. The summed E-state index contributed by atoms with van der Waals surface area (Å²) in [7, 11) is 1.67. The van der Waals surface area contributed by atoms with Crippen LogP contribution in [0.1, 0.15) is 26.2 Å². The fourth-order valence-electron chi connectivity index (χ4n) is 1.59. The zero-order valence-electron chi connectivity index (χ0n) is 9.03. The number of allylic oxidation sites excluding steroid dienone is 1. The molecule has 0 N–H and O–H groups in total. The van der Waals surface area contributed by atoms with E-state index in [4.69, 9.17) is 4.74 Å². The van der Waals surface area contributed by atoms with E-state index in [2.05, 4.69) is 19.1 Å². The van der Waals surface area contributed by atoms with E-state index in [1.165, 1.54) is 0 Å². The number of amides is 1. The normalized spacial score (nSPS) is 21.7. The number of methoxy groups -OCH3 is 1. The van der Waals surface area contributed by atoms with Gasteiger partial charge < -0.3 is 9.64 Å². The highest BCUT2D eigenvalue weighted by Gasteiger charge is 2.34. The van der Waals surface area contributed by atoms with Crippen molar-refractivity contribution in [3.05, 3.63) is 12.2 Å². The number of hydrogen-bond donors (Lipinski definition) is 0. The first-order valence-electron chi connectivity index (χ1n) is 5.23. The molecule has 3 nitrogen and oxygen atoms in total. The van der Waals surface area contributed by atoms with Crippen LogP contribution >= 0.6 is 0 Å². The molecule has 1 saturated heterocycles. The van der Waals surface area contributed by atoms with Crippen molar-refractivity contribution in [2.24, 2.45) is 0 Å². The van der Waals surface area contributed by atoms with Crippen molar-refractivity contribution in [2.75, 3.05) is 20.3 Å². The molecular formula is C11H19NO2. The zero-order chi connectivity index (χ0) is 10.4. The van der Waals surface area contributed by atoms with E-state index in [-0.39, 0.29) is 5.91 Å². The van der Waals surface area contributed by atoms with Gasteiger partial charge in [0.1, 0.15) is 0 Å². The van der Waals surface area contributed by atoms with E-state index in [9.17, 15) is 4.79 Å². The van der Waals surface area contributed by atoms with Crippen LogP contribution in [0, 0.1) is 0 Å². The third-order valence-corrected chi connectivity index (χ3v) is 2.45. The molecule has 3 heteroatoms. The molecule has 0 saturated carbocycles. The number of carbonyl (C=O) groups excluding carboxylic acids is 1. The van der Waals surface area contributed by atoms with Crippen molar-refractivity contribution in [2.45, 2.75) is 32.2 Å². The molecule has 1 fully saturated rings. The summed E-state index contributed by atoms with van der Waals surface area (Å²) >= 11 is 0. The Balaban J connectivity index is 2.24. The van der Waals surface area contributed by atoms with E-state index in [0.29, 0.717) is 19.1 Å². The summed E-state index contributed by atoms with van der Waals surface area (Å²) in [6.45, 7) is 3.55. The molecule has 1 rings (SSSR count). The minimum absolute atomic E-state index is 0.244. The monoisotopic (exact) mass is 197 g/mol. The Hall–Kier alpha value is -0.830. The number of β-lactam (4-membered cyclic amide) rings is 1. The van der Waals surface area contributed by atoms with Crippen LogP contribution in [0.4, 0.5) is 0 Å². The molecule has 0 aromatic rings. The molecule has 80 valence electrons. The van der Waals surface area contributed by atoms with Crippen LogP contribution in [0.2, 0.25) is 0 Å². The first-order chi connectivity index (χ1) is 6.79. The predicted octanol–water partition coefficient (Wildman–Crippen LogP) is 1.59. The van der Waals surface area contributed by atoms with E-state index < -0.39 is 0 Å². The Labute approximate surface area is 85.7 Å². The van der Waals surface area contributed by atoms with Crippen LogP contribution in [0.5, 0.6) is 0 Å². The molecule has 0 radical (unpaired) electrons. The second kappa shape index (κ2) is 5.81. The molecular weight excluding hydrogens is 178 g/mol. The van der Waals surface area contributed by atoms with E-state index in [1.54, 1.807) is 7.11 Å². The second-order valence-corrected chi connectivity index (χ2v) is 3.62. The number of rotatable bonds is 6. The molecule has 0 bridgehead atoms. The van der Waals surface area contributed by atoms with Gasteiger partial charge in [-0.1, -0.05) is 25.5 Å². The van der Waals surface area contributed by atoms with Gasteiger partial charge in [0.05, 0.1) is 12.6 Å². The summed E-state index contributed by atoms with van der Waals surface area (Å²) < 4.78 is 5.03. The molecule has 1 aliphatic rings. The van der Waals surface area contributed by atoms with Crippen LogP contribution < -0.4 is 0 Å². The standard InChI is InChI=1S/C11H19NO2/c1-3-4-5-6-7-12-10(9-14-2)8-11(12)13/h5-6,10H,3-4,7-9H2,1-2H3/t10-/m1/s1. The summed E-state index contributed by atoms with van der Waals surface area (Å²) in [5.74, 6) is 0.244. The molecule has 0 unspecified atom stereocenters. The number of nitrogens with zero attached hydrogens (tertiary/aromatic N) is 1. The van der Waals surface area contributed by atoms with Gasteiger partial charge in [0.25, 0.3) is 0 Å². The Bertz CT molecular complexity index is 213. The van der Waals surface area contributed by atoms with Crippen molar-refractivity contribution in [3.8, 4) is 0 Å². The summed E-state index contributed by atoms with van der Waals surface area (Å²) in [6, 6.07) is 0.304. The van der Waals surface area contributed by atoms with Gasteiger partial charge in [-0.3, -0.25) is 4.79 Å². The van der Waals surface area contributed by atoms with Crippen LogP contribution in [-0.2, 0) is 9.53 Å². The van der Waals surface area contributed by atoms with Gasteiger partial charge in [-0.15, -0.1) is 0 Å². The van der Waals surface area contributed by atoms with Crippen LogP contribution in [0.3, 0.4) is 0 Å². The molecule has 0 spiro atoms. The van der Waals surface area contributed by atoms with Gasteiger partial charge in [-0.05, 0) is 6.42 Å². The van der Waals surface area contributed by atoms with Gasteiger partial charge in [0.15, 0.2) is 0 Å². The largest absolute Gasteiger partial charge is 0.383 e. The Morgan fingerprint density at radius 2 is 2.36 bits per heavy atom. The molecule has 1 amide bonds. The fraction of sp³-hybridized carbons (Fsp3) is 0.727. The quantitative estimate of drug-likeness (QED) is 0.478. The maximum Gasteiger partial charge on any atom is 0.225 e. The molecule has 0 aliphatic carbocycles. The summed E-state index contributed by atoms with van der Waals surface area (Å²) in [5, 5.41) is 0. The van der Waals surface area contributed by atoms with Gasteiger partial charge in [-0.2, -0.15) is 0 Å². The number of likely N-dealkylation sites (tertiary alicyclic amines) is 1. The van der Waals surface area contributed by atoms with Crippen molar-refractivity contribution in [3.63, 3.8) is 0 Å². The first kappa shape index (κ1) is 11.2. The van der Waals surface area contributed by atoms with Gasteiger partial charge in [0.2, 0.25) is 5.91 Å². The van der Waals surface area contributed by atoms with Crippen molar-refractivity contribution in [1.29, 1.82) is 0 Å². The molecule has 1 aliphatic heterocycles. The third-order valence-electron chi connectivity index (χ3n) is 2.45. The number of unbranched alkanes of at least 4 members (excludes halogenated alkanes) is 1. The zero-order valence-corrected chi connectivity index (χ0v) is 9.03. The van der Waals surface area contributed by atoms with E-state index in [0.717, 1.165) is 19.4 Å². The summed E-state index contributed by atoms with van der Waals surface area (Å²) in [4.78, 5) is 13.1. The lowest BCUT2D eigenvalue weighted by atomic mass is 10.0. The number of ether oxygens (including phenoxy) is 1.